The summed E-state index contributed by atoms with van der Waals surface area (Å²) in [5.74, 6) is 1.09. The minimum Gasteiger partial charge on any atom is -0.369 e. The average molecular weight is 371 g/mol. The monoisotopic (exact) mass is 371 g/mol. The first-order chi connectivity index (χ1) is 9.02. The number of benzene rings is 1. The molecule has 0 atom stereocenters. The molecule has 1 aromatic carbocycles. The van der Waals surface area contributed by atoms with Gasteiger partial charge in [-0.3, -0.25) is 0 Å². The van der Waals surface area contributed by atoms with Crippen molar-refractivity contribution in [3.8, 4) is 11.4 Å². The Balaban J connectivity index is 2.59. The lowest BCUT2D eigenvalue weighted by atomic mass is 10.1. The number of aromatic nitrogens is 2. The SMILES string of the molecule is CCNc1nc(-c2cc(F)ccc2C)nc(C)c1I. The maximum absolute atomic E-state index is 13.4. The minimum atomic E-state index is -0.273. The van der Waals surface area contributed by atoms with Gasteiger partial charge < -0.3 is 5.32 Å². The van der Waals surface area contributed by atoms with Crippen LogP contribution in [0.4, 0.5) is 10.2 Å². The predicted molar refractivity (Wildman–Crippen MR) is 83.8 cm³/mol. The van der Waals surface area contributed by atoms with Gasteiger partial charge in [0, 0.05) is 12.1 Å². The van der Waals surface area contributed by atoms with E-state index < -0.39 is 0 Å². The Labute approximate surface area is 125 Å². The summed E-state index contributed by atoms with van der Waals surface area (Å²) in [6.45, 7) is 6.66. The van der Waals surface area contributed by atoms with E-state index in [4.69, 9.17) is 0 Å². The first kappa shape index (κ1) is 14.2. The number of aryl methyl sites for hydroxylation is 2. The van der Waals surface area contributed by atoms with Crippen molar-refractivity contribution < 1.29 is 4.39 Å². The lowest BCUT2D eigenvalue weighted by molar-refractivity contribution is 0.627. The summed E-state index contributed by atoms with van der Waals surface area (Å²) in [5, 5.41) is 3.21. The number of hydrogen-bond donors (Lipinski definition) is 1. The topological polar surface area (TPSA) is 37.8 Å². The highest BCUT2D eigenvalue weighted by molar-refractivity contribution is 14.1. The third-order valence-electron chi connectivity index (χ3n) is 2.80. The van der Waals surface area contributed by atoms with Crippen LogP contribution in [0.15, 0.2) is 18.2 Å². The van der Waals surface area contributed by atoms with Gasteiger partial charge >= 0.3 is 0 Å². The maximum Gasteiger partial charge on any atom is 0.162 e. The molecule has 19 heavy (non-hydrogen) atoms. The fraction of sp³-hybridized carbons (Fsp3) is 0.286. The molecule has 1 heterocycles. The molecule has 0 saturated heterocycles. The van der Waals surface area contributed by atoms with Crippen molar-refractivity contribution in [1.82, 2.24) is 9.97 Å². The maximum atomic E-state index is 13.4. The Morgan fingerprint density at radius 2 is 2.00 bits per heavy atom. The van der Waals surface area contributed by atoms with E-state index in [0.717, 1.165) is 32.8 Å². The predicted octanol–water partition coefficient (Wildman–Crippen LogP) is 3.94. The number of halogens is 2. The van der Waals surface area contributed by atoms with Crippen molar-refractivity contribution in [3.05, 3.63) is 38.8 Å². The minimum absolute atomic E-state index is 0.273. The molecular formula is C14H15FIN3. The van der Waals surface area contributed by atoms with Gasteiger partial charge in [0.05, 0.1) is 9.26 Å². The van der Waals surface area contributed by atoms with E-state index in [1.807, 2.05) is 20.8 Å². The molecule has 0 aliphatic carbocycles. The van der Waals surface area contributed by atoms with E-state index in [1.165, 1.54) is 12.1 Å². The zero-order chi connectivity index (χ0) is 14.0. The summed E-state index contributed by atoms with van der Waals surface area (Å²) in [7, 11) is 0. The third kappa shape index (κ3) is 3.02. The molecule has 3 nitrogen and oxygen atoms in total. The van der Waals surface area contributed by atoms with Crippen LogP contribution in [0.25, 0.3) is 11.4 Å². The van der Waals surface area contributed by atoms with E-state index in [-0.39, 0.29) is 5.82 Å². The molecule has 0 spiro atoms. The highest BCUT2D eigenvalue weighted by Crippen LogP contribution is 2.26. The van der Waals surface area contributed by atoms with Crippen LogP contribution < -0.4 is 5.32 Å². The summed E-state index contributed by atoms with van der Waals surface area (Å²) in [6, 6.07) is 4.67. The van der Waals surface area contributed by atoms with E-state index in [1.54, 1.807) is 6.07 Å². The molecule has 100 valence electrons. The second kappa shape index (κ2) is 5.81. The summed E-state index contributed by atoms with van der Waals surface area (Å²) in [5.41, 5.74) is 2.59. The van der Waals surface area contributed by atoms with E-state index in [9.17, 15) is 4.39 Å². The molecule has 0 aliphatic rings. The highest BCUT2D eigenvalue weighted by atomic mass is 127. The van der Waals surface area contributed by atoms with E-state index in [2.05, 4.69) is 37.9 Å². The van der Waals surface area contributed by atoms with Crippen molar-refractivity contribution in [2.75, 3.05) is 11.9 Å². The molecule has 0 aliphatic heterocycles. The number of hydrogen-bond acceptors (Lipinski definition) is 3. The Morgan fingerprint density at radius 3 is 2.68 bits per heavy atom. The van der Waals surface area contributed by atoms with Crippen molar-refractivity contribution in [1.29, 1.82) is 0 Å². The lowest BCUT2D eigenvalue weighted by Gasteiger charge is -2.11. The lowest BCUT2D eigenvalue weighted by Crippen LogP contribution is -2.06. The average Bonchev–Trinajstić information content (AvgIpc) is 2.38. The van der Waals surface area contributed by atoms with Crippen molar-refractivity contribution in [3.63, 3.8) is 0 Å². The van der Waals surface area contributed by atoms with Crippen molar-refractivity contribution >= 4 is 28.4 Å². The molecule has 0 saturated carbocycles. The molecule has 0 radical (unpaired) electrons. The van der Waals surface area contributed by atoms with Gasteiger partial charge in [0.25, 0.3) is 0 Å². The second-order valence-electron chi connectivity index (χ2n) is 4.28. The summed E-state index contributed by atoms with van der Waals surface area (Å²) in [6.07, 6.45) is 0. The van der Waals surface area contributed by atoms with Crippen molar-refractivity contribution in [2.45, 2.75) is 20.8 Å². The van der Waals surface area contributed by atoms with Crippen LogP contribution in [0, 0.1) is 23.2 Å². The van der Waals surface area contributed by atoms with E-state index >= 15 is 0 Å². The molecule has 0 fully saturated rings. The summed E-state index contributed by atoms with van der Waals surface area (Å²) >= 11 is 2.22. The Bertz CT molecular complexity index is 614. The zero-order valence-corrected chi connectivity index (χ0v) is 13.2. The molecule has 0 bridgehead atoms. The summed E-state index contributed by atoms with van der Waals surface area (Å²) in [4.78, 5) is 8.96. The van der Waals surface area contributed by atoms with Gasteiger partial charge in [0.15, 0.2) is 5.82 Å². The quantitative estimate of drug-likeness (QED) is 0.831. The molecule has 2 aromatic rings. The van der Waals surface area contributed by atoms with Crippen LogP contribution in [-0.4, -0.2) is 16.5 Å². The van der Waals surface area contributed by atoms with Crippen LogP contribution >= 0.6 is 22.6 Å². The Hall–Kier alpha value is -1.24. The van der Waals surface area contributed by atoms with Crippen LogP contribution in [0.1, 0.15) is 18.2 Å². The van der Waals surface area contributed by atoms with Gasteiger partial charge in [-0.15, -0.1) is 0 Å². The summed E-state index contributed by atoms with van der Waals surface area (Å²) < 4.78 is 14.4. The normalized spacial score (nSPS) is 10.6. The first-order valence-electron chi connectivity index (χ1n) is 6.07. The van der Waals surface area contributed by atoms with Gasteiger partial charge in [-0.05, 0) is 61.1 Å². The van der Waals surface area contributed by atoms with Gasteiger partial charge in [0.2, 0.25) is 0 Å². The molecule has 0 unspecified atom stereocenters. The second-order valence-corrected chi connectivity index (χ2v) is 5.36. The van der Waals surface area contributed by atoms with Crippen LogP contribution in [0.5, 0.6) is 0 Å². The van der Waals surface area contributed by atoms with Gasteiger partial charge in [-0.25, -0.2) is 14.4 Å². The first-order valence-corrected chi connectivity index (χ1v) is 7.15. The number of anilines is 1. The zero-order valence-electron chi connectivity index (χ0n) is 11.1. The molecule has 2 rings (SSSR count). The largest absolute Gasteiger partial charge is 0.369 e. The van der Waals surface area contributed by atoms with Gasteiger partial charge in [0.1, 0.15) is 11.6 Å². The Kier molecular flexibility index (Phi) is 4.34. The van der Waals surface area contributed by atoms with Gasteiger partial charge in [-0.1, -0.05) is 6.07 Å². The van der Waals surface area contributed by atoms with Crippen LogP contribution in [-0.2, 0) is 0 Å². The van der Waals surface area contributed by atoms with Crippen LogP contribution in [0.2, 0.25) is 0 Å². The molecule has 1 aromatic heterocycles. The number of nitrogens with zero attached hydrogens (tertiary/aromatic N) is 2. The van der Waals surface area contributed by atoms with Crippen LogP contribution in [0.3, 0.4) is 0 Å². The molecular weight excluding hydrogens is 356 g/mol. The highest BCUT2D eigenvalue weighted by Gasteiger charge is 2.12. The van der Waals surface area contributed by atoms with Crippen molar-refractivity contribution in [2.24, 2.45) is 0 Å². The fourth-order valence-electron chi connectivity index (χ4n) is 1.80. The smallest absolute Gasteiger partial charge is 0.162 e. The van der Waals surface area contributed by atoms with Gasteiger partial charge in [-0.2, -0.15) is 0 Å². The molecule has 0 amide bonds. The third-order valence-corrected chi connectivity index (χ3v) is 4.09. The number of rotatable bonds is 3. The Morgan fingerprint density at radius 1 is 1.26 bits per heavy atom. The molecule has 1 N–H and O–H groups in total. The van der Waals surface area contributed by atoms with E-state index in [0.29, 0.717) is 5.82 Å². The molecule has 5 heteroatoms. The standard InChI is InChI=1S/C14H15FIN3/c1-4-17-14-12(16)9(3)18-13(19-14)11-7-10(15)6-5-8(11)2/h5-7H,4H2,1-3H3,(H,17,18,19). The number of nitrogens with one attached hydrogen (secondary N) is 1. The fourth-order valence-corrected chi connectivity index (χ4v) is 2.23.